The lowest BCUT2D eigenvalue weighted by atomic mass is 9.96. The van der Waals surface area contributed by atoms with E-state index in [0.717, 1.165) is 5.92 Å². The second-order valence-corrected chi connectivity index (χ2v) is 6.20. The third kappa shape index (κ3) is 3.93. The van der Waals surface area contributed by atoms with Gasteiger partial charge in [-0.1, -0.05) is 48.0 Å². The Balaban J connectivity index is 2.49. The van der Waals surface area contributed by atoms with Crippen molar-refractivity contribution >= 4 is 15.9 Å². The van der Waals surface area contributed by atoms with E-state index < -0.39 is 0 Å². The number of halogens is 1. The number of aryl methyl sites for hydroxylation is 2. The zero-order valence-corrected chi connectivity index (χ0v) is 12.5. The van der Waals surface area contributed by atoms with Gasteiger partial charge in [-0.05, 0) is 55.7 Å². The summed E-state index contributed by atoms with van der Waals surface area (Å²) in [5, 5.41) is 0. The number of benzene rings is 1. The van der Waals surface area contributed by atoms with Gasteiger partial charge in [0.25, 0.3) is 0 Å². The quantitative estimate of drug-likeness (QED) is 0.664. The monoisotopic (exact) mass is 282 g/mol. The third-order valence-corrected chi connectivity index (χ3v) is 4.79. The Morgan fingerprint density at radius 1 is 1.12 bits per heavy atom. The van der Waals surface area contributed by atoms with E-state index in [9.17, 15) is 0 Å². The number of hydrogen-bond donors (Lipinski definition) is 0. The Morgan fingerprint density at radius 2 is 1.69 bits per heavy atom. The van der Waals surface area contributed by atoms with Crippen LogP contribution in [0.4, 0.5) is 0 Å². The Labute approximate surface area is 109 Å². The van der Waals surface area contributed by atoms with Gasteiger partial charge in [0.05, 0.1) is 0 Å². The fourth-order valence-electron chi connectivity index (χ4n) is 2.05. The first kappa shape index (κ1) is 13.8. The van der Waals surface area contributed by atoms with Crippen LogP contribution >= 0.6 is 15.9 Å². The number of rotatable bonds is 5. The summed E-state index contributed by atoms with van der Waals surface area (Å²) in [6.45, 7) is 8.99. The molecule has 0 radical (unpaired) electrons. The molecule has 0 heterocycles. The third-order valence-electron chi connectivity index (χ3n) is 3.27. The van der Waals surface area contributed by atoms with Crippen molar-refractivity contribution < 1.29 is 0 Å². The van der Waals surface area contributed by atoms with E-state index in [1.165, 1.54) is 30.4 Å². The van der Waals surface area contributed by atoms with Crippen molar-refractivity contribution in [3.05, 3.63) is 34.9 Å². The zero-order chi connectivity index (χ0) is 12.1. The summed E-state index contributed by atoms with van der Waals surface area (Å²) in [4.78, 5) is 0.664. The van der Waals surface area contributed by atoms with Crippen LogP contribution in [0.5, 0.6) is 0 Å². The first-order valence-corrected chi connectivity index (χ1v) is 7.13. The van der Waals surface area contributed by atoms with E-state index in [1.807, 2.05) is 0 Å². The molecule has 16 heavy (non-hydrogen) atoms. The van der Waals surface area contributed by atoms with Crippen molar-refractivity contribution in [2.24, 2.45) is 5.92 Å². The van der Waals surface area contributed by atoms with Crippen molar-refractivity contribution in [1.29, 1.82) is 0 Å². The van der Waals surface area contributed by atoms with E-state index >= 15 is 0 Å². The van der Waals surface area contributed by atoms with Gasteiger partial charge in [-0.15, -0.1) is 0 Å². The molecule has 90 valence electrons. The molecule has 1 unspecified atom stereocenters. The predicted molar refractivity (Wildman–Crippen MR) is 76.4 cm³/mol. The Bertz CT molecular complexity index is 308. The molecule has 0 bridgehead atoms. The molecule has 1 rings (SSSR count). The minimum absolute atomic E-state index is 0.664. The van der Waals surface area contributed by atoms with Crippen LogP contribution in [0.2, 0.25) is 0 Å². The summed E-state index contributed by atoms with van der Waals surface area (Å²) < 4.78 is 0. The molecule has 0 amide bonds. The van der Waals surface area contributed by atoms with Crippen molar-refractivity contribution in [1.82, 2.24) is 0 Å². The van der Waals surface area contributed by atoms with Crippen LogP contribution in [0, 0.1) is 19.8 Å². The second kappa shape index (κ2) is 6.44. The highest BCUT2D eigenvalue weighted by atomic mass is 79.9. The van der Waals surface area contributed by atoms with E-state index in [2.05, 4.69) is 61.8 Å². The molecule has 0 saturated heterocycles. The van der Waals surface area contributed by atoms with E-state index in [4.69, 9.17) is 0 Å². The van der Waals surface area contributed by atoms with Crippen LogP contribution in [-0.2, 0) is 6.42 Å². The van der Waals surface area contributed by atoms with Gasteiger partial charge in [-0.3, -0.25) is 0 Å². The molecule has 1 aromatic rings. The SMILES string of the molecule is Cc1cccc(C)c1CCCC(Br)C(C)C. The van der Waals surface area contributed by atoms with Gasteiger partial charge in [-0.25, -0.2) is 0 Å². The Hall–Kier alpha value is -0.300. The van der Waals surface area contributed by atoms with Crippen LogP contribution < -0.4 is 0 Å². The minimum atomic E-state index is 0.664. The molecule has 1 atom stereocenters. The standard InChI is InChI=1S/C15H23Br/c1-11(2)15(16)10-6-9-14-12(3)7-5-8-13(14)4/h5,7-8,11,15H,6,9-10H2,1-4H3. The Morgan fingerprint density at radius 3 is 2.19 bits per heavy atom. The van der Waals surface area contributed by atoms with Crippen LogP contribution in [0.25, 0.3) is 0 Å². The van der Waals surface area contributed by atoms with Gasteiger partial charge in [-0.2, -0.15) is 0 Å². The van der Waals surface area contributed by atoms with E-state index in [1.54, 1.807) is 5.56 Å². The molecule has 1 aromatic carbocycles. The lowest BCUT2D eigenvalue weighted by molar-refractivity contribution is 0.562. The highest BCUT2D eigenvalue weighted by Gasteiger charge is 2.09. The molecule has 1 heteroatoms. The highest BCUT2D eigenvalue weighted by molar-refractivity contribution is 9.09. The second-order valence-electron chi connectivity index (χ2n) is 5.02. The van der Waals surface area contributed by atoms with Gasteiger partial charge in [0, 0.05) is 4.83 Å². The molecule has 0 aromatic heterocycles. The molecule has 0 aliphatic carbocycles. The van der Waals surface area contributed by atoms with Gasteiger partial charge in [0.15, 0.2) is 0 Å². The minimum Gasteiger partial charge on any atom is -0.0888 e. The molecular weight excluding hydrogens is 260 g/mol. The maximum Gasteiger partial charge on any atom is 0.0168 e. The fourth-order valence-corrected chi connectivity index (χ4v) is 2.37. The van der Waals surface area contributed by atoms with Gasteiger partial charge < -0.3 is 0 Å². The van der Waals surface area contributed by atoms with Crippen molar-refractivity contribution in [3.8, 4) is 0 Å². The van der Waals surface area contributed by atoms with Crippen molar-refractivity contribution in [2.75, 3.05) is 0 Å². The molecule has 0 N–H and O–H groups in total. The van der Waals surface area contributed by atoms with Gasteiger partial charge in [0.2, 0.25) is 0 Å². The van der Waals surface area contributed by atoms with Gasteiger partial charge >= 0.3 is 0 Å². The molecule has 0 nitrogen and oxygen atoms in total. The van der Waals surface area contributed by atoms with Crippen LogP contribution in [0.15, 0.2) is 18.2 Å². The average molecular weight is 283 g/mol. The number of hydrogen-bond acceptors (Lipinski definition) is 0. The first-order chi connectivity index (χ1) is 7.52. The van der Waals surface area contributed by atoms with Crippen molar-refractivity contribution in [3.63, 3.8) is 0 Å². The summed E-state index contributed by atoms with van der Waals surface area (Å²) in [5.41, 5.74) is 4.43. The zero-order valence-electron chi connectivity index (χ0n) is 10.9. The van der Waals surface area contributed by atoms with Crippen LogP contribution in [-0.4, -0.2) is 4.83 Å². The maximum absolute atomic E-state index is 3.75. The molecule has 0 fully saturated rings. The van der Waals surface area contributed by atoms with E-state index in [-0.39, 0.29) is 0 Å². The molecular formula is C15H23Br. The summed E-state index contributed by atoms with van der Waals surface area (Å²) in [6.07, 6.45) is 3.76. The average Bonchev–Trinajstić information content (AvgIpc) is 2.22. The highest BCUT2D eigenvalue weighted by Crippen LogP contribution is 2.21. The van der Waals surface area contributed by atoms with Crippen LogP contribution in [0.1, 0.15) is 43.4 Å². The normalized spacial score (nSPS) is 13.1. The van der Waals surface area contributed by atoms with E-state index in [0.29, 0.717) is 4.83 Å². The first-order valence-electron chi connectivity index (χ1n) is 6.21. The fraction of sp³-hybridized carbons (Fsp3) is 0.600. The predicted octanol–water partition coefficient (Wildman–Crippen LogP) is 5.05. The topological polar surface area (TPSA) is 0 Å². The summed E-state index contributed by atoms with van der Waals surface area (Å²) >= 11 is 3.75. The van der Waals surface area contributed by atoms with Crippen LogP contribution in [0.3, 0.4) is 0 Å². The maximum atomic E-state index is 3.75. The summed E-state index contributed by atoms with van der Waals surface area (Å²) in [7, 11) is 0. The molecule has 0 aliphatic heterocycles. The molecule has 0 aliphatic rings. The smallest absolute Gasteiger partial charge is 0.0168 e. The summed E-state index contributed by atoms with van der Waals surface area (Å²) in [5.74, 6) is 0.734. The molecule has 0 saturated carbocycles. The lowest BCUT2D eigenvalue weighted by Gasteiger charge is -2.14. The molecule has 0 spiro atoms. The summed E-state index contributed by atoms with van der Waals surface area (Å²) in [6, 6.07) is 6.59. The lowest BCUT2D eigenvalue weighted by Crippen LogP contribution is -2.07. The van der Waals surface area contributed by atoms with Crippen molar-refractivity contribution in [2.45, 2.75) is 51.8 Å². The number of alkyl halides is 1. The van der Waals surface area contributed by atoms with Gasteiger partial charge in [0.1, 0.15) is 0 Å². The Kier molecular flexibility index (Phi) is 5.54. The largest absolute Gasteiger partial charge is 0.0888 e.